The normalized spacial score (nSPS) is 21.0. The highest BCUT2D eigenvalue weighted by atomic mass is 32.2. The number of sulfonamides is 1. The molecule has 3 aliphatic heterocycles. The summed E-state index contributed by atoms with van der Waals surface area (Å²) in [6.45, 7) is 4.36. The van der Waals surface area contributed by atoms with Crippen molar-refractivity contribution in [2.45, 2.75) is 56.1 Å². The lowest BCUT2D eigenvalue weighted by Crippen LogP contribution is -2.51. The lowest BCUT2D eigenvalue weighted by molar-refractivity contribution is -0.0907. The molecule has 0 unspecified atom stereocenters. The van der Waals surface area contributed by atoms with E-state index in [-0.39, 0.29) is 49.6 Å². The van der Waals surface area contributed by atoms with Gasteiger partial charge >= 0.3 is 6.09 Å². The smallest absolute Gasteiger partial charge is 0.407 e. The second-order valence-electron chi connectivity index (χ2n) is 12.6. The van der Waals surface area contributed by atoms with Crippen molar-refractivity contribution in [2.24, 2.45) is 11.8 Å². The average Bonchev–Trinajstić information content (AvgIpc) is 3.84. The molecular weight excluding hydrogens is 656 g/mol. The number of carbonyl (C=O) groups excluding carboxylic acids is 1. The molecule has 0 aromatic heterocycles. The topological polar surface area (TPSA) is 151 Å². The first-order valence-corrected chi connectivity index (χ1v) is 17.7. The minimum absolute atomic E-state index is 0.00617. The van der Waals surface area contributed by atoms with Gasteiger partial charge in [0.25, 0.3) is 0 Å². The van der Waals surface area contributed by atoms with Crippen molar-refractivity contribution in [3.8, 4) is 28.7 Å². The first-order chi connectivity index (χ1) is 23.6. The highest BCUT2D eigenvalue weighted by Crippen LogP contribution is 2.35. The summed E-state index contributed by atoms with van der Waals surface area (Å²) in [5.74, 6) is 2.50. The fourth-order valence-electron chi connectivity index (χ4n) is 6.10. The number of aliphatic hydroxyl groups excluding tert-OH is 1. The Morgan fingerprint density at radius 2 is 1.76 bits per heavy atom. The predicted molar refractivity (Wildman–Crippen MR) is 176 cm³/mol. The van der Waals surface area contributed by atoms with Crippen LogP contribution in [-0.2, 0) is 30.7 Å². The largest absolute Gasteiger partial charge is 0.497 e. The second kappa shape index (κ2) is 15.2. The molecule has 49 heavy (non-hydrogen) atoms. The van der Waals surface area contributed by atoms with E-state index in [1.807, 2.05) is 44.2 Å². The molecule has 1 amide bonds. The maximum atomic E-state index is 13.9. The Labute approximate surface area is 286 Å². The van der Waals surface area contributed by atoms with Gasteiger partial charge in [0.2, 0.25) is 16.8 Å². The first kappa shape index (κ1) is 34.8. The van der Waals surface area contributed by atoms with Crippen LogP contribution in [0.3, 0.4) is 0 Å². The number of methoxy groups -OCH3 is 1. The Kier molecular flexibility index (Phi) is 10.8. The fraction of sp³-hybridized carbons (Fsp3) is 0.457. The number of benzene rings is 3. The van der Waals surface area contributed by atoms with Gasteiger partial charge in [-0.25, -0.2) is 13.2 Å². The van der Waals surface area contributed by atoms with Crippen molar-refractivity contribution in [3.05, 3.63) is 72.3 Å². The minimum Gasteiger partial charge on any atom is -0.497 e. The SMILES string of the molecule is COc1cccc(Oc2ccc(C[C@H](NC(=O)O[C@H]3CO[C@H]4OCC[C@H]43)[C@H](O)CN(CC(C)C)S(=O)(=O)c3ccc4c(c3)OCO4)cc2)c1. The maximum Gasteiger partial charge on any atom is 0.407 e. The summed E-state index contributed by atoms with van der Waals surface area (Å²) in [5, 5.41) is 14.5. The lowest BCUT2D eigenvalue weighted by Gasteiger charge is -2.31. The van der Waals surface area contributed by atoms with Crippen LogP contribution in [0.2, 0.25) is 0 Å². The molecule has 14 heteroatoms. The average molecular weight is 699 g/mol. The number of fused-ring (bicyclic) bond motifs is 2. The maximum absolute atomic E-state index is 13.9. The van der Waals surface area contributed by atoms with E-state index >= 15 is 0 Å². The van der Waals surface area contributed by atoms with Crippen LogP contribution in [0.25, 0.3) is 0 Å². The molecule has 13 nitrogen and oxygen atoms in total. The van der Waals surface area contributed by atoms with Gasteiger partial charge in [-0.3, -0.25) is 0 Å². The number of hydrogen-bond donors (Lipinski definition) is 2. The van der Waals surface area contributed by atoms with Crippen LogP contribution in [0.5, 0.6) is 28.7 Å². The van der Waals surface area contributed by atoms with Crippen molar-refractivity contribution in [3.63, 3.8) is 0 Å². The molecule has 2 saturated heterocycles. The third-order valence-corrected chi connectivity index (χ3v) is 10.4. The zero-order valence-electron chi connectivity index (χ0n) is 27.6. The Bertz CT molecular complexity index is 1700. The Balaban J connectivity index is 1.20. The molecule has 0 bridgehead atoms. The van der Waals surface area contributed by atoms with E-state index in [1.165, 1.54) is 16.4 Å². The Morgan fingerprint density at radius 3 is 2.53 bits per heavy atom. The predicted octanol–water partition coefficient (Wildman–Crippen LogP) is 4.32. The number of rotatable bonds is 14. The molecule has 2 fully saturated rings. The van der Waals surface area contributed by atoms with Gasteiger partial charge in [-0.15, -0.1) is 0 Å². The Morgan fingerprint density at radius 1 is 0.980 bits per heavy atom. The van der Waals surface area contributed by atoms with E-state index < -0.39 is 40.7 Å². The quantitative estimate of drug-likeness (QED) is 0.248. The van der Waals surface area contributed by atoms with Gasteiger partial charge in [0.05, 0.1) is 43.3 Å². The van der Waals surface area contributed by atoms with Crippen LogP contribution in [-0.4, -0.2) is 88.7 Å². The lowest BCUT2D eigenvalue weighted by atomic mass is 10.0. The molecule has 3 aromatic carbocycles. The molecule has 3 aromatic rings. The van der Waals surface area contributed by atoms with Crippen LogP contribution in [0.1, 0.15) is 25.8 Å². The summed E-state index contributed by atoms with van der Waals surface area (Å²) in [6, 6.07) is 17.9. The number of alkyl carbamates (subject to hydrolysis) is 1. The summed E-state index contributed by atoms with van der Waals surface area (Å²) in [7, 11) is -2.50. The van der Waals surface area contributed by atoms with E-state index in [0.717, 1.165) is 5.56 Å². The number of nitrogens with zero attached hydrogens (tertiary/aromatic N) is 1. The number of ether oxygens (including phenoxy) is 7. The van der Waals surface area contributed by atoms with Gasteiger partial charge in [-0.2, -0.15) is 4.31 Å². The summed E-state index contributed by atoms with van der Waals surface area (Å²) in [5.41, 5.74) is 0.768. The molecule has 0 spiro atoms. The van der Waals surface area contributed by atoms with Crippen LogP contribution in [0.4, 0.5) is 4.79 Å². The molecule has 6 rings (SSSR count). The number of amides is 1. The van der Waals surface area contributed by atoms with Gasteiger partial charge in [0.15, 0.2) is 17.8 Å². The van der Waals surface area contributed by atoms with E-state index in [4.69, 9.17) is 33.2 Å². The van der Waals surface area contributed by atoms with Crippen molar-refractivity contribution in [2.75, 3.05) is 40.2 Å². The van der Waals surface area contributed by atoms with Crippen LogP contribution in [0, 0.1) is 11.8 Å². The van der Waals surface area contributed by atoms with Crippen molar-refractivity contribution in [1.82, 2.24) is 9.62 Å². The first-order valence-electron chi connectivity index (χ1n) is 16.3. The van der Waals surface area contributed by atoms with E-state index in [9.17, 15) is 18.3 Å². The highest BCUT2D eigenvalue weighted by molar-refractivity contribution is 7.89. The van der Waals surface area contributed by atoms with E-state index in [0.29, 0.717) is 41.8 Å². The van der Waals surface area contributed by atoms with Gasteiger partial charge in [0, 0.05) is 25.2 Å². The second-order valence-corrected chi connectivity index (χ2v) is 14.6. The molecule has 3 heterocycles. The summed E-state index contributed by atoms with van der Waals surface area (Å²) in [4.78, 5) is 13.3. The third kappa shape index (κ3) is 8.39. The molecule has 0 aliphatic carbocycles. The zero-order valence-corrected chi connectivity index (χ0v) is 28.5. The monoisotopic (exact) mass is 698 g/mol. The summed E-state index contributed by atoms with van der Waals surface area (Å²) >= 11 is 0. The van der Waals surface area contributed by atoms with Crippen molar-refractivity contribution < 1.29 is 51.5 Å². The fourth-order valence-corrected chi connectivity index (χ4v) is 7.74. The number of carbonyl (C=O) groups is 1. The van der Waals surface area contributed by atoms with Crippen molar-refractivity contribution in [1.29, 1.82) is 0 Å². The number of hydrogen-bond acceptors (Lipinski definition) is 11. The standard InChI is InChI=1S/C35H42N2O11S/c1-22(2)18-37(49(40,41)27-11-12-31-32(17-27)46-21-45-31)19-30(38)29(36-35(39)48-33-20-44-34-28(33)13-14-43-34)15-23-7-9-24(10-8-23)47-26-6-4-5-25(16-26)42-3/h4-12,16-17,22,28-30,33-34,38H,13-15,18-21H2,1-3H3,(H,36,39)/t28-,29-,30+,33-,34+/m0/s1. The summed E-state index contributed by atoms with van der Waals surface area (Å²) < 4.78 is 68.0. The van der Waals surface area contributed by atoms with Crippen LogP contribution < -0.4 is 24.3 Å². The van der Waals surface area contributed by atoms with E-state index in [1.54, 1.807) is 31.4 Å². The van der Waals surface area contributed by atoms with Gasteiger partial charge in [-0.1, -0.05) is 32.0 Å². The molecule has 0 saturated carbocycles. The number of aliphatic hydroxyl groups is 1. The molecule has 3 aliphatic rings. The van der Waals surface area contributed by atoms with Gasteiger partial charge in [0.1, 0.15) is 23.4 Å². The van der Waals surface area contributed by atoms with Crippen molar-refractivity contribution >= 4 is 16.1 Å². The molecule has 2 N–H and O–H groups in total. The Hall–Kier alpha value is -4.08. The zero-order chi connectivity index (χ0) is 34.5. The van der Waals surface area contributed by atoms with Crippen LogP contribution in [0.15, 0.2) is 71.6 Å². The molecule has 0 radical (unpaired) electrons. The summed E-state index contributed by atoms with van der Waals surface area (Å²) in [6.07, 6.45) is -2.07. The number of nitrogens with one attached hydrogen (secondary N) is 1. The minimum atomic E-state index is -4.08. The third-order valence-electron chi connectivity index (χ3n) is 8.61. The van der Waals surface area contributed by atoms with Gasteiger partial charge in [-0.05, 0) is 60.7 Å². The van der Waals surface area contributed by atoms with Crippen LogP contribution >= 0.6 is 0 Å². The highest BCUT2D eigenvalue weighted by Gasteiger charge is 2.44. The molecular formula is C35H42N2O11S. The molecule has 264 valence electrons. The van der Waals surface area contributed by atoms with E-state index in [2.05, 4.69) is 5.32 Å². The molecule has 5 atom stereocenters. The van der Waals surface area contributed by atoms with Gasteiger partial charge < -0.3 is 43.6 Å².